The molecule has 0 radical (unpaired) electrons. The fourth-order valence-corrected chi connectivity index (χ4v) is 2.00. The minimum atomic E-state index is -0.610. The van der Waals surface area contributed by atoms with Crippen LogP contribution < -0.4 is 4.90 Å². The van der Waals surface area contributed by atoms with E-state index in [2.05, 4.69) is 25.7 Å². The monoisotopic (exact) mass is 288 g/mol. The average Bonchev–Trinajstić information content (AvgIpc) is 2.83. The molecule has 1 saturated heterocycles. The van der Waals surface area contributed by atoms with Crippen molar-refractivity contribution in [3.63, 3.8) is 0 Å². The molecular formula is C9H9BrN2O4. The van der Waals surface area contributed by atoms with Crippen molar-refractivity contribution in [1.82, 2.24) is 4.98 Å². The number of ether oxygens (including phenoxy) is 1. The van der Waals surface area contributed by atoms with E-state index in [9.17, 15) is 9.59 Å². The maximum Gasteiger partial charge on any atom is 0.375 e. The van der Waals surface area contributed by atoms with E-state index in [1.54, 1.807) is 0 Å². The highest BCUT2D eigenvalue weighted by atomic mass is 79.9. The van der Waals surface area contributed by atoms with Gasteiger partial charge in [0.05, 0.1) is 13.3 Å². The zero-order chi connectivity index (χ0) is 11.7. The fourth-order valence-electron chi connectivity index (χ4n) is 1.43. The molecule has 0 spiro atoms. The predicted molar refractivity (Wildman–Crippen MR) is 57.5 cm³/mol. The molecule has 1 aromatic heterocycles. The minimum absolute atomic E-state index is 0.0108. The Labute approximate surface area is 99.7 Å². The first-order valence-corrected chi connectivity index (χ1v) is 5.52. The SMILES string of the molecule is COC(=O)c1cnc(N2CC(Br)CC2=O)o1. The van der Waals surface area contributed by atoms with Crippen LogP contribution in [0.15, 0.2) is 10.6 Å². The van der Waals surface area contributed by atoms with Crippen LogP contribution in [-0.2, 0) is 9.53 Å². The van der Waals surface area contributed by atoms with Gasteiger partial charge in [-0.1, -0.05) is 15.9 Å². The van der Waals surface area contributed by atoms with Gasteiger partial charge >= 0.3 is 12.0 Å². The zero-order valence-electron chi connectivity index (χ0n) is 8.47. The van der Waals surface area contributed by atoms with Crippen LogP contribution in [0.4, 0.5) is 6.01 Å². The second-order valence-electron chi connectivity index (χ2n) is 3.30. The summed E-state index contributed by atoms with van der Waals surface area (Å²) in [4.78, 5) is 28.0. The molecule has 6 nitrogen and oxygen atoms in total. The number of methoxy groups -OCH3 is 1. The van der Waals surface area contributed by atoms with Crippen molar-refractivity contribution in [3.05, 3.63) is 12.0 Å². The standard InChI is InChI=1S/C9H9BrN2O4/c1-15-8(14)6-3-11-9(16-6)12-4-5(10)2-7(12)13/h3,5H,2,4H2,1H3. The molecule has 0 bridgehead atoms. The van der Waals surface area contributed by atoms with E-state index < -0.39 is 5.97 Å². The summed E-state index contributed by atoms with van der Waals surface area (Å²) in [5, 5.41) is 0. The second kappa shape index (κ2) is 4.25. The summed E-state index contributed by atoms with van der Waals surface area (Å²) in [5.41, 5.74) is 0. The van der Waals surface area contributed by atoms with Gasteiger partial charge in [0.25, 0.3) is 0 Å². The van der Waals surface area contributed by atoms with Gasteiger partial charge in [0.15, 0.2) is 0 Å². The molecule has 1 aliphatic heterocycles. The summed E-state index contributed by atoms with van der Waals surface area (Å²) in [6.45, 7) is 0.486. The molecular weight excluding hydrogens is 280 g/mol. The summed E-state index contributed by atoms with van der Waals surface area (Å²) in [6.07, 6.45) is 1.64. The quantitative estimate of drug-likeness (QED) is 0.599. The van der Waals surface area contributed by atoms with Crippen LogP contribution >= 0.6 is 15.9 Å². The number of alkyl halides is 1. The molecule has 1 unspecified atom stereocenters. The van der Waals surface area contributed by atoms with Crippen LogP contribution in [0.25, 0.3) is 0 Å². The van der Waals surface area contributed by atoms with Crippen molar-refractivity contribution >= 4 is 33.8 Å². The molecule has 0 saturated carbocycles. The number of hydrogen-bond acceptors (Lipinski definition) is 5. The van der Waals surface area contributed by atoms with Crippen LogP contribution in [0.2, 0.25) is 0 Å². The molecule has 16 heavy (non-hydrogen) atoms. The van der Waals surface area contributed by atoms with Gasteiger partial charge < -0.3 is 9.15 Å². The topological polar surface area (TPSA) is 72.6 Å². The van der Waals surface area contributed by atoms with Crippen molar-refractivity contribution < 1.29 is 18.7 Å². The minimum Gasteiger partial charge on any atom is -0.463 e. The first kappa shape index (κ1) is 11.1. The Morgan fingerprint density at radius 2 is 2.50 bits per heavy atom. The van der Waals surface area contributed by atoms with Gasteiger partial charge in [-0.15, -0.1) is 0 Å². The van der Waals surface area contributed by atoms with Crippen molar-refractivity contribution in [3.8, 4) is 0 Å². The molecule has 7 heteroatoms. The number of oxazole rings is 1. The third kappa shape index (κ3) is 1.95. The summed E-state index contributed by atoms with van der Waals surface area (Å²) >= 11 is 3.34. The molecule has 0 aliphatic carbocycles. The van der Waals surface area contributed by atoms with Crippen molar-refractivity contribution in [2.24, 2.45) is 0 Å². The Bertz CT molecular complexity index is 431. The van der Waals surface area contributed by atoms with E-state index in [1.165, 1.54) is 18.2 Å². The molecule has 0 aromatic carbocycles. The Balaban J connectivity index is 2.19. The number of anilines is 1. The van der Waals surface area contributed by atoms with Crippen LogP contribution in [0.3, 0.4) is 0 Å². The van der Waals surface area contributed by atoms with Gasteiger partial charge in [0, 0.05) is 17.8 Å². The van der Waals surface area contributed by atoms with Crippen LogP contribution in [0, 0.1) is 0 Å². The highest BCUT2D eigenvalue weighted by Crippen LogP contribution is 2.24. The van der Waals surface area contributed by atoms with Crippen LogP contribution in [0.1, 0.15) is 17.0 Å². The summed E-state index contributed by atoms with van der Waals surface area (Å²) in [6, 6.07) is 0.132. The maximum atomic E-state index is 11.5. The fraction of sp³-hybridized carbons (Fsp3) is 0.444. The normalized spacial score (nSPS) is 20.2. The summed E-state index contributed by atoms with van der Waals surface area (Å²) in [5.74, 6) is -0.704. The molecule has 2 rings (SSSR count). The Hall–Kier alpha value is -1.37. The Morgan fingerprint density at radius 1 is 1.75 bits per heavy atom. The van der Waals surface area contributed by atoms with E-state index in [0.717, 1.165) is 0 Å². The third-order valence-corrected chi connectivity index (χ3v) is 2.80. The van der Waals surface area contributed by atoms with E-state index >= 15 is 0 Å². The summed E-state index contributed by atoms with van der Waals surface area (Å²) < 4.78 is 9.61. The van der Waals surface area contributed by atoms with Crippen molar-refractivity contribution in [1.29, 1.82) is 0 Å². The molecule has 1 amide bonds. The van der Waals surface area contributed by atoms with Crippen LogP contribution in [0.5, 0.6) is 0 Å². The molecule has 1 fully saturated rings. The number of carbonyl (C=O) groups excluding carboxylic acids is 2. The number of amides is 1. The Kier molecular flexibility index (Phi) is 2.95. The van der Waals surface area contributed by atoms with E-state index in [0.29, 0.717) is 13.0 Å². The van der Waals surface area contributed by atoms with Crippen molar-refractivity contribution in [2.45, 2.75) is 11.2 Å². The lowest BCUT2D eigenvalue weighted by Crippen LogP contribution is -2.24. The van der Waals surface area contributed by atoms with Gasteiger partial charge in [0.1, 0.15) is 0 Å². The molecule has 1 aliphatic rings. The first-order valence-electron chi connectivity index (χ1n) is 4.60. The van der Waals surface area contributed by atoms with Crippen molar-refractivity contribution in [2.75, 3.05) is 18.6 Å². The largest absolute Gasteiger partial charge is 0.463 e. The number of esters is 1. The first-order chi connectivity index (χ1) is 7.61. The molecule has 1 atom stereocenters. The van der Waals surface area contributed by atoms with Gasteiger partial charge in [-0.2, -0.15) is 0 Å². The lowest BCUT2D eigenvalue weighted by Gasteiger charge is -2.09. The van der Waals surface area contributed by atoms with E-state index in [4.69, 9.17) is 4.42 Å². The van der Waals surface area contributed by atoms with Gasteiger partial charge in [-0.3, -0.25) is 9.69 Å². The zero-order valence-corrected chi connectivity index (χ0v) is 10.1. The second-order valence-corrected chi connectivity index (χ2v) is 4.60. The highest BCUT2D eigenvalue weighted by Gasteiger charge is 2.32. The molecule has 2 heterocycles. The number of hydrogen-bond donors (Lipinski definition) is 0. The van der Waals surface area contributed by atoms with E-state index in [1.807, 2.05) is 0 Å². The number of aromatic nitrogens is 1. The third-order valence-electron chi connectivity index (χ3n) is 2.19. The lowest BCUT2D eigenvalue weighted by molar-refractivity contribution is -0.117. The molecule has 0 N–H and O–H groups in total. The summed E-state index contributed by atoms with van der Waals surface area (Å²) in [7, 11) is 1.25. The molecule has 86 valence electrons. The number of halogens is 1. The predicted octanol–water partition coefficient (Wildman–Crippen LogP) is 0.961. The lowest BCUT2D eigenvalue weighted by atomic mass is 10.4. The van der Waals surface area contributed by atoms with Crippen LogP contribution in [-0.4, -0.2) is 35.3 Å². The maximum absolute atomic E-state index is 11.5. The van der Waals surface area contributed by atoms with Gasteiger partial charge in [-0.05, 0) is 0 Å². The number of carbonyl (C=O) groups is 2. The number of nitrogens with zero attached hydrogens (tertiary/aromatic N) is 2. The van der Waals surface area contributed by atoms with E-state index in [-0.39, 0.29) is 22.5 Å². The van der Waals surface area contributed by atoms with Gasteiger partial charge in [-0.25, -0.2) is 9.78 Å². The van der Waals surface area contributed by atoms with Gasteiger partial charge in [0.2, 0.25) is 11.7 Å². The average molecular weight is 289 g/mol. The molecule has 1 aromatic rings. The number of rotatable bonds is 2. The smallest absolute Gasteiger partial charge is 0.375 e. The highest BCUT2D eigenvalue weighted by molar-refractivity contribution is 9.09. The Morgan fingerprint density at radius 3 is 3.06 bits per heavy atom.